The van der Waals surface area contributed by atoms with Crippen LogP contribution in [0.2, 0.25) is 0 Å². The third-order valence-electron chi connectivity index (χ3n) is 2.61. The maximum Gasteiger partial charge on any atom is 0.310 e. The van der Waals surface area contributed by atoms with Crippen molar-refractivity contribution in [1.82, 2.24) is 4.98 Å². The molecule has 2 aromatic rings. The molecule has 0 spiro atoms. The Balaban J connectivity index is 2.57. The molecule has 5 nitrogen and oxygen atoms in total. The van der Waals surface area contributed by atoms with E-state index in [-0.39, 0.29) is 10.6 Å². The highest BCUT2D eigenvalue weighted by molar-refractivity contribution is 7.11. The van der Waals surface area contributed by atoms with Crippen LogP contribution in [-0.2, 0) is 0 Å². The van der Waals surface area contributed by atoms with E-state index in [0.717, 1.165) is 11.3 Å². The summed E-state index contributed by atoms with van der Waals surface area (Å²) < 4.78 is 0. The monoisotopic (exact) mass is 276 g/mol. The van der Waals surface area contributed by atoms with Gasteiger partial charge in [0.25, 0.3) is 5.56 Å². The van der Waals surface area contributed by atoms with Crippen LogP contribution in [0, 0.1) is 6.92 Å². The van der Waals surface area contributed by atoms with Gasteiger partial charge in [-0.25, -0.2) is 0 Å². The molecule has 0 amide bonds. The van der Waals surface area contributed by atoms with Gasteiger partial charge in [0.2, 0.25) is 0 Å². The predicted octanol–water partition coefficient (Wildman–Crippen LogP) is 1.95. The lowest BCUT2D eigenvalue weighted by Crippen LogP contribution is -2.22. The number of aromatic hydroxyl groups is 1. The molecule has 98 valence electrons. The lowest BCUT2D eigenvalue weighted by atomic mass is 10.2. The summed E-state index contributed by atoms with van der Waals surface area (Å²) in [6, 6.07) is 7.45. The van der Waals surface area contributed by atoms with Crippen molar-refractivity contribution >= 4 is 22.7 Å². The van der Waals surface area contributed by atoms with Crippen molar-refractivity contribution in [2.75, 3.05) is 0 Å². The number of hydrogen-bond acceptors (Lipinski definition) is 5. The molecule has 1 aromatic carbocycles. The summed E-state index contributed by atoms with van der Waals surface area (Å²) in [4.78, 5) is 28.6. The summed E-state index contributed by atoms with van der Waals surface area (Å²) in [6.45, 7) is 3.52. The second kappa shape index (κ2) is 5.19. The van der Waals surface area contributed by atoms with Gasteiger partial charge in [0, 0.05) is 0 Å². The van der Waals surface area contributed by atoms with E-state index >= 15 is 0 Å². The molecule has 0 fully saturated rings. The highest BCUT2D eigenvalue weighted by Crippen LogP contribution is 2.21. The summed E-state index contributed by atoms with van der Waals surface area (Å²) in [7, 11) is 0. The molecule has 0 aliphatic heterocycles. The maximum atomic E-state index is 11.7. The standard InChI is InChI=1S/C13H12N2O3S/c1-7-5-3-4-6-9(7)14-8(2)10-11(16)15-13(18)19-12(10)17/h3-6,17H,1-2H3,(H,15,16,18). The molecule has 1 aromatic heterocycles. The SMILES string of the molecule is CC(=Nc1ccccc1C)c1c(O)sc(=O)[nH]c1=O. The van der Waals surface area contributed by atoms with Crippen molar-refractivity contribution in [2.45, 2.75) is 13.8 Å². The van der Waals surface area contributed by atoms with Gasteiger partial charge in [-0.05, 0) is 36.8 Å². The molecule has 0 atom stereocenters. The molecule has 0 saturated heterocycles. The molecule has 0 unspecified atom stereocenters. The molecular formula is C13H12N2O3S. The van der Waals surface area contributed by atoms with E-state index in [1.807, 2.05) is 31.2 Å². The van der Waals surface area contributed by atoms with Gasteiger partial charge in [0.1, 0.15) is 5.56 Å². The molecule has 0 saturated carbocycles. The van der Waals surface area contributed by atoms with Crippen LogP contribution in [0.5, 0.6) is 5.06 Å². The number of hydrogen-bond donors (Lipinski definition) is 2. The summed E-state index contributed by atoms with van der Waals surface area (Å²) >= 11 is 0.580. The lowest BCUT2D eigenvalue weighted by Gasteiger charge is -2.03. The van der Waals surface area contributed by atoms with Crippen molar-refractivity contribution < 1.29 is 5.11 Å². The number of rotatable bonds is 2. The quantitative estimate of drug-likeness (QED) is 0.822. The van der Waals surface area contributed by atoms with Gasteiger partial charge >= 0.3 is 4.87 Å². The smallest absolute Gasteiger partial charge is 0.310 e. The molecule has 0 radical (unpaired) electrons. The van der Waals surface area contributed by atoms with Gasteiger partial charge in [-0.2, -0.15) is 0 Å². The summed E-state index contributed by atoms with van der Waals surface area (Å²) in [5, 5.41) is 9.39. The number of aryl methyl sites for hydroxylation is 1. The molecule has 0 aliphatic rings. The number of aliphatic imine (C=N–C) groups is 1. The second-order valence-corrected chi connectivity index (χ2v) is 4.97. The molecule has 2 rings (SSSR count). The Morgan fingerprint density at radius 3 is 2.63 bits per heavy atom. The van der Waals surface area contributed by atoms with E-state index in [1.165, 1.54) is 0 Å². The van der Waals surface area contributed by atoms with Crippen molar-refractivity contribution in [1.29, 1.82) is 0 Å². The van der Waals surface area contributed by atoms with Crippen molar-refractivity contribution in [3.05, 3.63) is 55.4 Å². The average molecular weight is 276 g/mol. The van der Waals surface area contributed by atoms with Crippen LogP contribution < -0.4 is 10.4 Å². The topological polar surface area (TPSA) is 82.5 Å². The Labute approximate surface area is 112 Å². The van der Waals surface area contributed by atoms with Crippen LogP contribution in [-0.4, -0.2) is 15.8 Å². The number of nitrogens with one attached hydrogen (secondary N) is 1. The number of H-pyrrole nitrogens is 1. The summed E-state index contributed by atoms with van der Waals surface area (Å²) in [5.74, 6) is 0. The average Bonchev–Trinajstić information content (AvgIpc) is 2.30. The van der Waals surface area contributed by atoms with Crippen LogP contribution in [0.4, 0.5) is 5.69 Å². The van der Waals surface area contributed by atoms with Gasteiger partial charge in [-0.1, -0.05) is 18.2 Å². The minimum absolute atomic E-state index is 0.0350. The molecule has 0 aliphatic carbocycles. The van der Waals surface area contributed by atoms with E-state index in [9.17, 15) is 14.7 Å². The minimum Gasteiger partial charge on any atom is -0.499 e. The molecule has 6 heteroatoms. The Hall–Kier alpha value is -2.21. The zero-order valence-electron chi connectivity index (χ0n) is 10.4. The first-order valence-corrected chi connectivity index (χ1v) is 6.38. The van der Waals surface area contributed by atoms with Crippen LogP contribution in [0.3, 0.4) is 0 Å². The first-order chi connectivity index (χ1) is 8.99. The van der Waals surface area contributed by atoms with E-state index in [0.29, 0.717) is 17.0 Å². The molecular weight excluding hydrogens is 264 g/mol. The van der Waals surface area contributed by atoms with Gasteiger partial charge in [-0.3, -0.25) is 19.6 Å². The Kier molecular flexibility index (Phi) is 3.62. The molecule has 1 heterocycles. The Bertz CT molecular complexity index is 759. The van der Waals surface area contributed by atoms with Crippen molar-refractivity contribution in [3.8, 4) is 5.06 Å². The molecule has 0 bridgehead atoms. The fourth-order valence-electron chi connectivity index (χ4n) is 1.66. The first-order valence-electron chi connectivity index (χ1n) is 5.56. The number of benzene rings is 1. The third kappa shape index (κ3) is 2.79. The Morgan fingerprint density at radius 2 is 2.00 bits per heavy atom. The minimum atomic E-state index is -0.629. The van der Waals surface area contributed by atoms with Crippen LogP contribution in [0.25, 0.3) is 0 Å². The third-order valence-corrected chi connectivity index (χ3v) is 3.30. The molecule has 19 heavy (non-hydrogen) atoms. The summed E-state index contributed by atoms with van der Waals surface area (Å²) in [5.41, 5.74) is 1.45. The number of nitrogens with zero attached hydrogens (tertiary/aromatic N) is 1. The normalized spacial score (nSPS) is 11.6. The number of aromatic amines is 1. The van der Waals surface area contributed by atoms with Gasteiger partial charge in [-0.15, -0.1) is 0 Å². The largest absolute Gasteiger partial charge is 0.499 e. The first kappa shape index (κ1) is 13.2. The van der Waals surface area contributed by atoms with Crippen LogP contribution in [0.1, 0.15) is 18.1 Å². The van der Waals surface area contributed by atoms with E-state index in [4.69, 9.17) is 0 Å². The zero-order chi connectivity index (χ0) is 14.0. The van der Waals surface area contributed by atoms with E-state index < -0.39 is 10.4 Å². The lowest BCUT2D eigenvalue weighted by molar-refractivity contribution is 0.487. The fraction of sp³-hybridized carbons (Fsp3) is 0.154. The molecule has 2 N–H and O–H groups in total. The van der Waals surface area contributed by atoms with Crippen LogP contribution >= 0.6 is 11.3 Å². The maximum absolute atomic E-state index is 11.7. The number of para-hydroxylation sites is 1. The number of aromatic nitrogens is 1. The Morgan fingerprint density at radius 1 is 1.32 bits per heavy atom. The summed E-state index contributed by atoms with van der Waals surface area (Å²) in [6.07, 6.45) is 0. The zero-order valence-corrected chi connectivity index (χ0v) is 11.2. The van der Waals surface area contributed by atoms with Crippen molar-refractivity contribution in [3.63, 3.8) is 0 Å². The van der Waals surface area contributed by atoms with E-state index in [1.54, 1.807) is 6.92 Å². The second-order valence-electron chi connectivity index (χ2n) is 4.01. The van der Waals surface area contributed by atoms with E-state index in [2.05, 4.69) is 9.98 Å². The highest BCUT2D eigenvalue weighted by atomic mass is 32.1. The van der Waals surface area contributed by atoms with Gasteiger partial charge < -0.3 is 5.11 Å². The fourth-order valence-corrected chi connectivity index (χ4v) is 2.32. The van der Waals surface area contributed by atoms with Gasteiger partial charge in [0.05, 0.1) is 11.4 Å². The highest BCUT2D eigenvalue weighted by Gasteiger charge is 2.12. The van der Waals surface area contributed by atoms with Crippen molar-refractivity contribution in [2.24, 2.45) is 4.99 Å². The van der Waals surface area contributed by atoms with Crippen LogP contribution in [0.15, 0.2) is 38.8 Å². The van der Waals surface area contributed by atoms with Gasteiger partial charge in [0.15, 0.2) is 5.06 Å². The predicted molar refractivity (Wildman–Crippen MR) is 75.9 cm³/mol.